The molecule has 0 aliphatic carbocycles. The fourth-order valence-corrected chi connectivity index (χ4v) is 2.65. The maximum Gasteiger partial charge on any atom is 0.342 e. The van der Waals surface area contributed by atoms with Crippen LogP contribution in [0, 0.1) is 6.92 Å². The Morgan fingerprint density at radius 1 is 1.36 bits per heavy atom. The fraction of sp³-hybridized carbons (Fsp3) is 0.353. The topological polar surface area (TPSA) is 94.7 Å². The highest BCUT2D eigenvalue weighted by Gasteiger charge is 2.15. The van der Waals surface area contributed by atoms with Crippen molar-refractivity contribution in [2.75, 3.05) is 6.61 Å². The lowest BCUT2D eigenvalue weighted by atomic mass is 10.2. The first-order chi connectivity index (χ1) is 11.9. The van der Waals surface area contributed by atoms with Gasteiger partial charge < -0.3 is 19.0 Å². The molecule has 0 unspecified atom stereocenters. The summed E-state index contributed by atoms with van der Waals surface area (Å²) in [6.07, 6.45) is 1.53. The molecule has 0 saturated heterocycles. The largest absolute Gasteiger partial charge is 0.490 e. The van der Waals surface area contributed by atoms with E-state index in [9.17, 15) is 9.90 Å². The normalized spacial score (nSPS) is 11.6. The van der Waals surface area contributed by atoms with E-state index < -0.39 is 5.97 Å². The molecule has 1 N–H and O–H groups in total. The van der Waals surface area contributed by atoms with E-state index in [1.54, 1.807) is 25.1 Å². The van der Waals surface area contributed by atoms with E-state index in [2.05, 4.69) is 10.2 Å². The Morgan fingerprint density at radius 3 is 2.68 bits per heavy atom. The van der Waals surface area contributed by atoms with E-state index in [-0.39, 0.29) is 16.2 Å². The minimum atomic E-state index is -1.08. The molecule has 1 heterocycles. The highest BCUT2D eigenvalue weighted by Crippen LogP contribution is 2.32. The van der Waals surface area contributed by atoms with E-state index in [4.69, 9.17) is 13.9 Å². The Bertz CT molecular complexity index is 770. The third-order valence-corrected chi connectivity index (χ3v) is 3.70. The van der Waals surface area contributed by atoms with Crippen molar-refractivity contribution in [1.82, 2.24) is 10.2 Å². The SMILES string of the molecule is CCOc1cc(/C=C(/Sc2nnc(C)o2)C(=O)O)ccc1OC(C)C. The molecule has 0 spiro atoms. The van der Waals surface area contributed by atoms with Crippen LogP contribution in [0.25, 0.3) is 6.08 Å². The summed E-state index contributed by atoms with van der Waals surface area (Å²) in [5, 5.41) is 17.1. The van der Waals surface area contributed by atoms with Crippen molar-refractivity contribution < 1.29 is 23.8 Å². The van der Waals surface area contributed by atoms with Gasteiger partial charge in [0.2, 0.25) is 5.89 Å². The molecule has 2 rings (SSSR count). The summed E-state index contributed by atoms with van der Waals surface area (Å²) in [7, 11) is 0. The molecule has 0 saturated carbocycles. The third-order valence-electron chi connectivity index (χ3n) is 2.84. The first-order valence-electron chi connectivity index (χ1n) is 7.75. The van der Waals surface area contributed by atoms with Crippen molar-refractivity contribution in [3.8, 4) is 11.5 Å². The Kier molecular flexibility index (Phi) is 6.46. The Morgan fingerprint density at radius 2 is 2.12 bits per heavy atom. The number of aromatic nitrogens is 2. The second-order valence-electron chi connectivity index (χ2n) is 5.31. The van der Waals surface area contributed by atoms with Crippen LogP contribution in [0.4, 0.5) is 0 Å². The molecule has 25 heavy (non-hydrogen) atoms. The maximum absolute atomic E-state index is 11.5. The highest BCUT2D eigenvalue weighted by atomic mass is 32.2. The zero-order chi connectivity index (χ0) is 18.4. The molecule has 1 aromatic carbocycles. The second-order valence-corrected chi connectivity index (χ2v) is 6.30. The number of nitrogens with zero attached hydrogens (tertiary/aromatic N) is 2. The minimum Gasteiger partial charge on any atom is -0.490 e. The summed E-state index contributed by atoms with van der Waals surface area (Å²) in [4.78, 5) is 11.6. The lowest BCUT2D eigenvalue weighted by Crippen LogP contribution is -2.07. The zero-order valence-electron chi connectivity index (χ0n) is 14.5. The van der Waals surface area contributed by atoms with Crippen LogP contribution in [-0.4, -0.2) is 34.0 Å². The van der Waals surface area contributed by atoms with Gasteiger partial charge in [0.05, 0.1) is 12.7 Å². The molecule has 0 radical (unpaired) electrons. The van der Waals surface area contributed by atoms with Crippen LogP contribution in [-0.2, 0) is 4.79 Å². The van der Waals surface area contributed by atoms with E-state index in [0.29, 0.717) is 29.6 Å². The van der Waals surface area contributed by atoms with E-state index in [1.807, 2.05) is 20.8 Å². The number of carbonyl (C=O) groups is 1. The molecule has 0 atom stereocenters. The molecule has 2 aromatic rings. The maximum atomic E-state index is 11.5. The van der Waals surface area contributed by atoms with Crippen LogP contribution in [0.3, 0.4) is 0 Å². The second kappa shape index (κ2) is 8.57. The van der Waals surface area contributed by atoms with Gasteiger partial charge in [-0.25, -0.2) is 4.79 Å². The number of carboxylic acid groups (broad SMARTS) is 1. The van der Waals surface area contributed by atoms with E-state index in [1.165, 1.54) is 6.08 Å². The van der Waals surface area contributed by atoms with Crippen LogP contribution in [0.15, 0.2) is 32.7 Å². The number of hydrogen-bond donors (Lipinski definition) is 1. The van der Waals surface area contributed by atoms with Gasteiger partial charge in [0.1, 0.15) is 4.91 Å². The number of carboxylic acids is 1. The Hall–Kier alpha value is -2.48. The summed E-state index contributed by atoms with van der Waals surface area (Å²) >= 11 is 0.896. The molecule has 0 bridgehead atoms. The number of ether oxygens (including phenoxy) is 2. The number of aliphatic carboxylic acids is 1. The summed E-state index contributed by atoms with van der Waals surface area (Å²) in [6.45, 7) is 7.84. The molecule has 134 valence electrons. The summed E-state index contributed by atoms with van der Waals surface area (Å²) in [6, 6.07) is 5.27. The van der Waals surface area contributed by atoms with Gasteiger partial charge in [-0.3, -0.25) is 0 Å². The number of aryl methyl sites for hydroxylation is 1. The van der Waals surface area contributed by atoms with Crippen LogP contribution in [0.1, 0.15) is 32.2 Å². The van der Waals surface area contributed by atoms with Crippen LogP contribution < -0.4 is 9.47 Å². The van der Waals surface area contributed by atoms with Crippen molar-refractivity contribution in [2.24, 2.45) is 0 Å². The van der Waals surface area contributed by atoms with Gasteiger partial charge in [0, 0.05) is 6.92 Å². The van der Waals surface area contributed by atoms with Gasteiger partial charge in [-0.05, 0) is 56.3 Å². The number of thioether (sulfide) groups is 1. The quantitative estimate of drug-likeness (QED) is 0.558. The van der Waals surface area contributed by atoms with Crippen molar-refractivity contribution in [3.63, 3.8) is 0 Å². The van der Waals surface area contributed by atoms with Crippen molar-refractivity contribution in [2.45, 2.75) is 39.0 Å². The van der Waals surface area contributed by atoms with Gasteiger partial charge in [-0.2, -0.15) is 0 Å². The molecule has 0 aliphatic heterocycles. The van der Waals surface area contributed by atoms with E-state index in [0.717, 1.165) is 11.8 Å². The molecule has 0 fully saturated rings. The van der Waals surface area contributed by atoms with Crippen LogP contribution >= 0.6 is 11.8 Å². The minimum absolute atomic E-state index is 0.00602. The number of rotatable bonds is 8. The van der Waals surface area contributed by atoms with Crippen LogP contribution in [0.5, 0.6) is 11.5 Å². The fourth-order valence-electron chi connectivity index (χ4n) is 1.93. The molecule has 0 amide bonds. The average Bonchev–Trinajstić information content (AvgIpc) is 2.94. The lowest BCUT2D eigenvalue weighted by molar-refractivity contribution is -0.131. The molecule has 0 aliphatic rings. The smallest absolute Gasteiger partial charge is 0.342 e. The van der Waals surface area contributed by atoms with Crippen LogP contribution in [0.2, 0.25) is 0 Å². The number of benzene rings is 1. The van der Waals surface area contributed by atoms with E-state index >= 15 is 0 Å². The summed E-state index contributed by atoms with van der Waals surface area (Å²) < 4.78 is 16.5. The predicted molar refractivity (Wildman–Crippen MR) is 93.9 cm³/mol. The van der Waals surface area contributed by atoms with Crippen molar-refractivity contribution >= 4 is 23.8 Å². The molecule has 1 aromatic heterocycles. The molecular weight excluding hydrogens is 344 g/mol. The standard InChI is InChI=1S/C17H20N2O5S/c1-5-22-14-8-12(6-7-13(14)23-10(2)3)9-15(16(20)21)25-17-19-18-11(4)24-17/h6-10H,5H2,1-4H3,(H,20,21)/b15-9+. The first-order valence-corrected chi connectivity index (χ1v) is 8.57. The molecular formula is C17H20N2O5S. The van der Waals surface area contributed by atoms with Gasteiger partial charge in [0.15, 0.2) is 11.5 Å². The van der Waals surface area contributed by atoms with Crippen molar-refractivity contribution in [1.29, 1.82) is 0 Å². The summed E-state index contributed by atoms with van der Waals surface area (Å²) in [5.41, 5.74) is 0.667. The number of hydrogen-bond acceptors (Lipinski definition) is 7. The predicted octanol–water partition coefficient (Wildman–Crippen LogP) is 3.78. The van der Waals surface area contributed by atoms with Gasteiger partial charge in [-0.15, -0.1) is 10.2 Å². The monoisotopic (exact) mass is 364 g/mol. The summed E-state index contributed by atoms with van der Waals surface area (Å²) in [5.74, 6) is 0.474. The van der Waals surface area contributed by atoms with Gasteiger partial charge >= 0.3 is 5.97 Å². The Balaban J connectivity index is 2.31. The highest BCUT2D eigenvalue weighted by molar-refractivity contribution is 8.03. The lowest BCUT2D eigenvalue weighted by Gasteiger charge is -2.15. The zero-order valence-corrected chi connectivity index (χ0v) is 15.3. The average molecular weight is 364 g/mol. The first kappa shape index (κ1) is 18.9. The third kappa shape index (κ3) is 5.53. The molecule has 8 heteroatoms. The van der Waals surface area contributed by atoms with Gasteiger partial charge in [-0.1, -0.05) is 6.07 Å². The van der Waals surface area contributed by atoms with Crippen molar-refractivity contribution in [3.05, 3.63) is 34.6 Å². The Labute approximate surface area is 150 Å². The van der Waals surface area contributed by atoms with Gasteiger partial charge in [0.25, 0.3) is 5.22 Å². The molecule has 7 nitrogen and oxygen atoms in total.